The first-order valence-corrected chi connectivity index (χ1v) is 17.7. The highest BCUT2D eigenvalue weighted by Crippen LogP contribution is 2.10. The van der Waals surface area contributed by atoms with Crippen molar-refractivity contribution in [2.75, 3.05) is 85.1 Å². The van der Waals surface area contributed by atoms with Crippen LogP contribution < -0.4 is 16.0 Å². The molecule has 0 spiro atoms. The van der Waals surface area contributed by atoms with E-state index in [1.54, 1.807) is 19.6 Å². The number of amides is 4. The molecule has 2 rings (SSSR count). The number of nitrogens with zero attached hydrogens (tertiary/aromatic N) is 4. The van der Waals surface area contributed by atoms with Crippen LogP contribution in [-0.4, -0.2) is 174 Å². The number of carboxylic acid groups (broad SMARTS) is 3. The number of nitrogens with one attached hydrogen (secondary N) is 3. The van der Waals surface area contributed by atoms with Crippen LogP contribution in [0.2, 0.25) is 0 Å². The van der Waals surface area contributed by atoms with Crippen molar-refractivity contribution in [3.8, 4) is 0 Å². The van der Waals surface area contributed by atoms with Gasteiger partial charge in [0.05, 0.1) is 26.2 Å². The molecular weight excluding hydrogens is 697 g/mol. The Bertz CT molecular complexity index is 1350. The Labute approximate surface area is 308 Å². The lowest BCUT2D eigenvalue weighted by Crippen LogP contribution is -2.53. The Morgan fingerprint density at radius 1 is 0.717 bits per heavy atom. The molecule has 1 aliphatic rings. The third kappa shape index (κ3) is 20.3. The molecule has 1 unspecified atom stereocenters. The molecule has 1 saturated heterocycles. The van der Waals surface area contributed by atoms with E-state index >= 15 is 4.39 Å². The average Bonchev–Trinajstić information content (AvgIpc) is 3.05. The second-order valence-electron chi connectivity index (χ2n) is 13.3. The number of benzene rings is 1. The van der Waals surface area contributed by atoms with Gasteiger partial charge in [-0.05, 0) is 31.7 Å². The van der Waals surface area contributed by atoms with Crippen molar-refractivity contribution in [1.82, 2.24) is 35.6 Å². The molecule has 1 aromatic rings. The largest absolute Gasteiger partial charge is 0.480 e. The lowest BCUT2D eigenvalue weighted by atomic mass is 10.1. The van der Waals surface area contributed by atoms with E-state index in [0.29, 0.717) is 6.42 Å². The van der Waals surface area contributed by atoms with Crippen molar-refractivity contribution < 1.29 is 53.3 Å². The van der Waals surface area contributed by atoms with Crippen LogP contribution in [0, 0.1) is 6.92 Å². The van der Waals surface area contributed by atoms with Gasteiger partial charge in [-0.2, -0.15) is 0 Å². The predicted molar refractivity (Wildman–Crippen MR) is 191 cm³/mol. The van der Waals surface area contributed by atoms with Crippen molar-refractivity contribution in [1.29, 1.82) is 0 Å². The summed E-state index contributed by atoms with van der Waals surface area (Å²) in [6.45, 7) is 3.21. The molecular formula is C35H54FN7O10. The molecule has 1 aliphatic heterocycles. The Kier molecular flexibility index (Phi) is 20.1. The van der Waals surface area contributed by atoms with Crippen LogP contribution in [0.5, 0.6) is 0 Å². The monoisotopic (exact) mass is 751 g/mol. The number of aryl methyl sites for hydroxylation is 2. The zero-order chi connectivity index (χ0) is 39.3. The van der Waals surface area contributed by atoms with E-state index in [0.717, 1.165) is 24.5 Å². The summed E-state index contributed by atoms with van der Waals surface area (Å²) in [6, 6.07) is 6.58. The fraction of sp³-hybridized carbons (Fsp3) is 0.629. The summed E-state index contributed by atoms with van der Waals surface area (Å²) in [5.41, 5.74) is 2.25. The Morgan fingerprint density at radius 3 is 1.60 bits per heavy atom. The minimum Gasteiger partial charge on any atom is -0.480 e. The number of hydrogen-bond donors (Lipinski definition) is 6. The number of rotatable bonds is 19. The van der Waals surface area contributed by atoms with E-state index in [4.69, 9.17) is 0 Å². The van der Waals surface area contributed by atoms with Gasteiger partial charge in [-0.1, -0.05) is 29.8 Å². The first kappa shape index (κ1) is 44.6. The summed E-state index contributed by atoms with van der Waals surface area (Å²) >= 11 is 0. The topological polar surface area (TPSA) is 229 Å². The molecule has 0 aliphatic carbocycles. The second-order valence-corrected chi connectivity index (χ2v) is 13.3. The minimum atomic E-state index is -1.62. The second kappa shape index (κ2) is 23.9. The molecule has 1 aromatic carbocycles. The number of carbonyl (C=O) groups excluding carboxylic acids is 4. The first-order valence-electron chi connectivity index (χ1n) is 17.7. The quantitative estimate of drug-likeness (QED) is 0.102. The van der Waals surface area contributed by atoms with Crippen LogP contribution in [0.1, 0.15) is 43.7 Å². The van der Waals surface area contributed by atoms with Gasteiger partial charge in [-0.15, -0.1) is 0 Å². The maximum absolute atomic E-state index is 15.1. The third-order valence-corrected chi connectivity index (χ3v) is 8.59. The van der Waals surface area contributed by atoms with Crippen molar-refractivity contribution in [3.05, 3.63) is 35.4 Å². The average molecular weight is 752 g/mol. The number of imide groups is 1. The van der Waals surface area contributed by atoms with Gasteiger partial charge in [0, 0.05) is 78.7 Å². The summed E-state index contributed by atoms with van der Waals surface area (Å²) in [4.78, 5) is 91.0. The zero-order valence-corrected chi connectivity index (χ0v) is 30.6. The Morgan fingerprint density at radius 2 is 1.17 bits per heavy atom. The van der Waals surface area contributed by atoms with E-state index in [9.17, 15) is 48.9 Å². The number of carbonyl (C=O) groups is 7. The highest BCUT2D eigenvalue weighted by atomic mass is 19.1. The molecule has 4 amide bonds. The molecule has 18 heteroatoms. The third-order valence-electron chi connectivity index (χ3n) is 8.59. The van der Waals surface area contributed by atoms with Crippen molar-refractivity contribution in [2.45, 2.75) is 58.2 Å². The summed E-state index contributed by atoms with van der Waals surface area (Å²) in [5.74, 6) is -5.82. The molecule has 53 heavy (non-hydrogen) atoms. The zero-order valence-electron chi connectivity index (χ0n) is 30.6. The van der Waals surface area contributed by atoms with Crippen LogP contribution in [0.3, 0.4) is 0 Å². The smallest absolute Gasteiger partial charge is 0.317 e. The Balaban J connectivity index is 2.02. The molecule has 0 bridgehead atoms. The number of alkyl halides is 1. The maximum Gasteiger partial charge on any atom is 0.317 e. The maximum atomic E-state index is 15.1. The molecule has 0 saturated carbocycles. The normalized spacial score (nSPS) is 16.7. The van der Waals surface area contributed by atoms with Gasteiger partial charge in [-0.3, -0.25) is 58.5 Å². The van der Waals surface area contributed by atoms with Gasteiger partial charge in [0.15, 0.2) is 0 Å². The van der Waals surface area contributed by atoms with E-state index in [1.165, 1.54) is 0 Å². The SMILES string of the molecule is CC(=O)NC(=O)[C@H](CC(F)CCNC(=O)CCCc1ccc(C)cc1)NC(=O)CN1CCN(CC(=O)O)CCN(CC(=O)O)CCN(CC(=O)O)CC1. The molecule has 17 nitrogen and oxygen atoms in total. The van der Waals surface area contributed by atoms with Gasteiger partial charge in [-0.25, -0.2) is 4.39 Å². The number of halogens is 1. The van der Waals surface area contributed by atoms with E-state index in [1.807, 2.05) is 31.2 Å². The van der Waals surface area contributed by atoms with Crippen molar-refractivity contribution >= 4 is 41.5 Å². The van der Waals surface area contributed by atoms with Crippen LogP contribution in [0.15, 0.2) is 24.3 Å². The van der Waals surface area contributed by atoms with Crippen LogP contribution in [-0.2, 0) is 40.0 Å². The number of aliphatic carboxylic acids is 3. The summed E-state index contributed by atoms with van der Waals surface area (Å²) < 4.78 is 15.1. The predicted octanol–water partition coefficient (Wildman–Crippen LogP) is -0.825. The fourth-order valence-corrected chi connectivity index (χ4v) is 5.76. The van der Waals surface area contributed by atoms with Gasteiger partial charge >= 0.3 is 17.9 Å². The highest BCUT2D eigenvalue weighted by Gasteiger charge is 2.27. The summed E-state index contributed by atoms with van der Waals surface area (Å²) in [7, 11) is 0. The van der Waals surface area contributed by atoms with Gasteiger partial charge in [0.1, 0.15) is 12.2 Å². The van der Waals surface area contributed by atoms with Gasteiger partial charge in [0.25, 0.3) is 0 Å². The Hall–Kier alpha value is -4.52. The van der Waals surface area contributed by atoms with Crippen molar-refractivity contribution in [2.24, 2.45) is 0 Å². The van der Waals surface area contributed by atoms with Crippen LogP contribution >= 0.6 is 0 Å². The number of carboxylic acids is 3. The van der Waals surface area contributed by atoms with Crippen LogP contribution in [0.25, 0.3) is 0 Å². The molecule has 0 radical (unpaired) electrons. The van der Waals surface area contributed by atoms with E-state index in [-0.39, 0.29) is 104 Å². The van der Waals surface area contributed by atoms with Crippen LogP contribution in [0.4, 0.5) is 4.39 Å². The molecule has 0 aromatic heterocycles. The van der Waals surface area contributed by atoms with Gasteiger partial charge in [0.2, 0.25) is 23.6 Å². The lowest BCUT2D eigenvalue weighted by Gasteiger charge is -2.33. The molecule has 6 N–H and O–H groups in total. The molecule has 296 valence electrons. The first-order chi connectivity index (χ1) is 25.1. The molecule has 2 atom stereocenters. The molecule has 1 fully saturated rings. The standard InChI is InChI=1S/C35H54FN7O10/c1-25-6-8-27(9-7-25)4-3-5-30(45)37-11-10-28(36)20-29(35(53)38-26(2)44)39-31(46)21-40-12-14-41(22-32(47)48)16-18-43(24-34(51)52)19-17-42(15-13-40)23-33(49)50/h6-9,28-29H,3-5,10-24H2,1-2H3,(H,37,45)(H,39,46)(H,47,48)(H,49,50)(H,51,52)(H,38,44,53)/t28?,29-/m0/s1. The lowest BCUT2D eigenvalue weighted by molar-refractivity contribution is -0.140. The van der Waals surface area contributed by atoms with Gasteiger partial charge < -0.3 is 26.0 Å². The fourth-order valence-electron chi connectivity index (χ4n) is 5.76. The summed E-state index contributed by atoms with van der Waals surface area (Å²) in [6.07, 6.45) is -0.643. The number of hydrogen-bond acceptors (Lipinski definition) is 11. The van der Waals surface area contributed by atoms with Crippen molar-refractivity contribution in [3.63, 3.8) is 0 Å². The van der Waals surface area contributed by atoms with E-state index in [2.05, 4.69) is 16.0 Å². The molecule has 1 heterocycles. The minimum absolute atomic E-state index is 0.00105. The highest BCUT2D eigenvalue weighted by molar-refractivity contribution is 5.98. The summed E-state index contributed by atoms with van der Waals surface area (Å²) in [5, 5.41) is 35.4. The van der Waals surface area contributed by atoms with E-state index < -0.39 is 54.3 Å².